The fraction of sp³-hybridized carbons (Fsp3) is 0.238. The summed E-state index contributed by atoms with van der Waals surface area (Å²) < 4.78 is 28.8. The van der Waals surface area contributed by atoms with Gasteiger partial charge in [0.15, 0.2) is 11.5 Å². The van der Waals surface area contributed by atoms with Crippen LogP contribution in [0, 0.1) is 6.92 Å². The van der Waals surface area contributed by atoms with Crippen molar-refractivity contribution >= 4 is 37.4 Å². The summed E-state index contributed by atoms with van der Waals surface area (Å²) in [4.78, 5) is 14.1. The molecule has 8 heteroatoms. The van der Waals surface area contributed by atoms with Crippen molar-refractivity contribution in [3.63, 3.8) is 0 Å². The van der Waals surface area contributed by atoms with Crippen LogP contribution in [0.5, 0.6) is 0 Å². The summed E-state index contributed by atoms with van der Waals surface area (Å²) in [5, 5.41) is 5.46. The van der Waals surface area contributed by atoms with Crippen molar-refractivity contribution in [2.45, 2.75) is 31.6 Å². The third kappa shape index (κ3) is 2.55. The molecule has 1 aliphatic rings. The molecule has 0 aliphatic heterocycles. The first-order valence-electron chi connectivity index (χ1n) is 9.38. The molecule has 0 spiro atoms. The van der Waals surface area contributed by atoms with Crippen molar-refractivity contribution in [3.05, 3.63) is 65.4 Å². The fourth-order valence-corrected chi connectivity index (χ4v) is 5.25. The molecule has 1 fully saturated rings. The lowest BCUT2D eigenvalue weighted by molar-refractivity contribution is 0.146. The molecule has 5 nitrogen and oxygen atoms in total. The van der Waals surface area contributed by atoms with Gasteiger partial charge in [-0.2, -0.15) is 0 Å². The number of rotatable bonds is 3. The Bertz CT molecular complexity index is 1390. The Morgan fingerprint density at radius 1 is 1.14 bits per heavy atom. The first kappa shape index (κ1) is 16.9. The zero-order chi connectivity index (χ0) is 19.7. The van der Waals surface area contributed by atoms with Crippen LogP contribution in [0.1, 0.15) is 47.3 Å². The molecule has 2 atom stereocenters. The van der Waals surface area contributed by atoms with Crippen LogP contribution >= 0.6 is 11.3 Å². The predicted molar refractivity (Wildman–Crippen MR) is 108 cm³/mol. The molecule has 1 aliphatic carbocycles. The summed E-state index contributed by atoms with van der Waals surface area (Å²) in [5.41, 5.74) is 3.31. The van der Waals surface area contributed by atoms with Gasteiger partial charge in [0.05, 0.1) is 5.52 Å². The van der Waals surface area contributed by atoms with Gasteiger partial charge in [0.1, 0.15) is 21.6 Å². The highest BCUT2D eigenvalue weighted by Crippen LogP contribution is 2.53. The molecule has 4 heterocycles. The van der Waals surface area contributed by atoms with E-state index in [9.17, 15) is 8.78 Å². The molecule has 0 saturated heterocycles. The Morgan fingerprint density at radius 2 is 1.97 bits per heavy atom. The maximum Gasteiger partial charge on any atom is 0.280 e. The van der Waals surface area contributed by atoms with Gasteiger partial charge in [-0.15, -0.1) is 16.4 Å². The molecule has 0 bridgehead atoms. The molecule has 0 N–H and O–H groups in total. The molecule has 29 heavy (non-hydrogen) atoms. The van der Waals surface area contributed by atoms with Crippen LogP contribution in [-0.4, -0.2) is 24.6 Å². The highest BCUT2D eigenvalue weighted by Gasteiger charge is 2.42. The van der Waals surface area contributed by atoms with Crippen molar-refractivity contribution in [1.29, 1.82) is 0 Å². The number of hydrogen-bond donors (Lipinski definition) is 0. The number of aryl methyl sites for hydroxylation is 1. The number of nitrogens with zero attached hydrogens (tertiary/aromatic N) is 5. The van der Waals surface area contributed by atoms with Crippen LogP contribution in [0.2, 0.25) is 0 Å². The highest BCUT2D eigenvalue weighted by molar-refractivity contribution is 7.26. The average molecular weight is 407 g/mol. The van der Waals surface area contributed by atoms with Crippen LogP contribution in [0.3, 0.4) is 0 Å². The Labute approximate surface area is 168 Å². The van der Waals surface area contributed by atoms with Crippen LogP contribution in [0.25, 0.3) is 26.1 Å². The average Bonchev–Trinajstić information content (AvgIpc) is 3.24. The first-order chi connectivity index (χ1) is 14.1. The number of aromatic nitrogens is 5. The molecule has 144 valence electrons. The minimum absolute atomic E-state index is 0.205. The normalized spacial score (nSPS) is 19.0. The maximum absolute atomic E-state index is 13.2. The summed E-state index contributed by atoms with van der Waals surface area (Å²) in [6.45, 7) is 1.82. The summed E-state index contributed by atoms with van der Waals surface area (Å²) in [6, 6.07) is 11.8. The van der Waals surface area contributed by atoms with Crippen molar-refractivity contribution in [2.75, 3.05) is 0 Å². The molecule has 0 amide bonds. The van der Waals surface area contributed by atoms with Crippen molar-refractivity contribution in [2.24, 2.45) is 0 Å². The van der Waals surface area contributed by atoms with E-state index < -0.39 is 6.43 Å². The number of pyridine rings is 1. The number of benzene rings is 1. The summed E-state index contributed by atoms with van der Waals surface area (Å²) in [6.07, 6.45) is 0.0870. The molecular formula is C21H15F2N5S. The fourth-order valence-electron chi connectivity index (χ4n) is 4.07. The molecule has 6 rings (SSSR count). The molecule has 5 aromatic rings. The van der Waals surface area contributed by atoms with Gasteiger partial charge in [-0.05, 0) is 36.5 Å². The van der Waals surface area contributed by atoms with E-state index in [1.54, 1.807) is 10.8 Å². The standard InChI is InChI=1S/C21H15F2N5S/c1-10-7-14(18(22)23)25-21-15(10)16-17(29-21)20-26-19(27-28(20)9-24-16)13-8-12(13)11-5-3-2-4-6-11/h2-7,9,12-13,18H,8H2,1H3/t12-,13+/m0/s1. The largest absolute Gasteiger partial charge is 0.280 e. The van der Waals surface area contributed by atoms with E-state index in [0.717, 1.165) is 33.4 Å². The van der Waals surface area contributed by atoms with Gasteiger partial charge in [-0.3, -0.25) is 0 Å². The molecule has 1 aromatic carbocycles. The zero-order valence-corrected chi connectivity index (χ0v) is 16.2. The van der Waals surface area contributed by atoms with Crippen LogP contribution < -0.4 is 0 Å². The van der Waals surface area contributed by atoms with Gasteiger partial charge >= 0.3 is 0 Å². The number of thiophene rings is 1. The summed E-state index contributed by atoms with van der Waals surface area (Å²) in [5.74, 6) is 1.55. The van der Waals surface area contributed by atoms with E-state index in [0.29, 0.717) is 22.3 Å². The Hall–Kier alpha value is -3.00. The molecular weight excluding hydrogens is 392 g/mol. The summed E-state index contributed by atoms with van der Waals surface area (Å²) in [7, 11) is 0. The SMILES string of the molecule is Cc1cc(C(F)F)nc2sc3c(ncn4nc([C@@H]5C[C@H]5c5ccccc5)nc34)c12. The third-order valence-corrected chi connectivity index (χ3v) is 6.64. The Kier molecular flexibility index (Phi) is 3.50. The van der Waals surface area contributed by atoms with Gasteiger partial charge in [0, 0.05) is 11.3 Å². The molecule has 0 unspecified atom stereocenters. The second-order valence-corrected chi connectivity index (χ2v) is 8.47. The minimum Gasteiger partial charge on any atom is -0.236 e. The van der Waals surface area contributed by atoms with Gasteiger partial charge in [0.2, 0.25) is 0 Å². The minimum atomic E-state index is -2.60. The van der Waals surface area contributed by atoms with Crippen LogP contribution in [0.4, 0.5) is 8.78 Å². The number of halogens is 2. The van der Waals surface area contributed by atoms with Crippen molar-refractivity contribution in [1.82, 2.24) is 24.6 Å². The lowest BCUT2D eigenvalue weighted by atomic mass is 10.1. The first-order valence-corrected chi connectivity index (χ1v) is 10.2. The van der Waals surface area contributed by atoms with E-state index >= 15 is 0 Å². The lowest BCUT2D eigenvalue weighted by Crippen LogP contribution is -1.92. The molecule has 4 aromatic heterocycles. The monoisotopic (exact) mass is 407 g/mol. The lowest BCUT2D eigenvalue weighted by Gasteiger charge is -2.01. The van der Waals surface area contributed by atoms with E-state index in [4.69, 9.17) is 4.98 Å². The molecule has 0 radical (unpaired) electrons. The van der Waals surface area contributed by atoms with E-state index in [1.807, 2.05) is 13.0 Å². The zero-order valence-electron chi connectivity index (χ0n) is 15.4. The van der Waals surface area contributed by atoms with E-state index in [-0.39, 0.29) is 5.69 Å². The van der Waals surface area contributed by atoms with E-state index in [2.05, 4.69) is 39.3 Å². The van der Waals surface area contributed by atoms with Gasteiger partial charge < -0.3 is 0 Å². The quantitative estimate of drug-likeness (QED) is 0.402. The third-order valence-electron chi connectivity index (χ3n) is 5.57. The number of fused-ring (bicyclic) bond motifs is 5. The van der Waals surface area contributed by atoms with Gasteiger partial charge in [-0.1, -0.05) is 30.3 Å². The predicted octanol–water partition coefficient (Wildman–Crippen LogP) is 5.40. The van der Waals surface area contributed by atoms with Gasteiger partial charge in [-0.25, -0.2) is 28.2 Å². The van der Waals surface area contributed by atoms with E-state index in [1.165, 1.54) is 23.0 Å². The van der Waals surface area contributed by atoms with Crippen molar-refractivity contribution < 1.29 is 8.78 Å². The maximum atomic E-state index is 13.2. The number of alkyl halides is 2. The highest BCUT2D eigenvalue weighted by atomic mass is 32.1. The number of hydrogen-bond acceptors (Lipinski definition) is 5. The van der Waals surface area contributed by atoms with Crippen molar-refractivity contribution in [3.8, 4) is 0 Å². The Balaban J connectivity index is 1.49. The second kappa shape index (κ2) is 6.00. The second-order valence-electron chi connectivity index (χ2n) is 7.47. The smallest absolute Gasteiger partial charge is 0.236 e. The Morgan fingerprint density at radius 3 is 2.76 bits per heavy atom. The van der Waals surface area contributed by atoms with Crippen LogP contribution in [0.15, 0.2) is 42.7 Å². The van der Waals surface area contributed by atoms with Crippen LogP contribution in [-0.2, 0) is 0 Å². The summed E-state index contributed by atoms with van der Waals surface area (Å²) >= 11 is 1.35. The van der Waals surface area contributed by atoms with Gasteiger partial charge in [0.25, 0.3) is 6.43 Å². The topological polar surface area (TPSA) is 56.0 Å². The molecule has 1 saturated carbocycles.